The van der Waals surface area contributed by atoms with Gasteiger partial charge in [0.05, 0.1) is 5.88 Å². The molecule has 0 saturated heterocycles. The van der Waals surface area contributed by atoms with Crippen LogP contribution in [-0.4, -0.2) is 12.9 Å². The first-order chi connectivity index (χ1) is 6.86. The largest absolute Gasteiger partial charge is 0.365 e. The minimum atomic E-state index is 0.225. The molecule has 0 aliphatic carbocycles. The number of hydrogen-bond donors (Lipinski definition) is 1. The maximum Gasteiger partial charge on any atom is 0.0607 e. The Morgan fingerprint density at radius 2 is 1.87 bits per heavy atom. The average molecular weight is 223 g/mol. The number of nitrogens with zero attached hydrogens (tertiary/aromatic N) is 1. The van der Waals surface area contributed by atoms with Crippen LogP contribution in [0.3, 0.4) is 0 Å². The maximum atomic E-state index is 4.28. The van der Waals surface area contributed by atoms with Crippen LogP contribution in [0.2, 0.25) is 0 Å². The van der Waals surface area contributed by atoms with E-state index in [1.54, 1.807) is 0 Å². The van der Waals surface area contributed by atoms with Crippen LogP contribution in [0, 0.1) is 6.92 Å². The van der Waals surface area contributed by atoms with Gasteiger partial charge in [0.1, 0.15) is 0 Å². The quantitative estimate of drug-likeness (QED) is 0.592. The van der Waals surface area contributed by atoms with E-state index in [9.17, 15) is 0 Å². The lowest BCUT2D eigenvalue weighted by molar-refractivity contribution is 0.589. The second kappa shape index (κ2) is 4.48. The number of rotatable bonds is 2. The smallest absolute Gasteiger partial charge is 0.0607 e. The van der Waals surface area contributed by atoms with Crippen LogP contribution >= 0.6 is 12.6 Å². The zero-order valence-corrected chi connectivity index (χ0v) is 11.2. The molecule has 0 aliphatic rings. The lowest BCUT2D eigenvalue weighted by Crippen LogP contribution is -2.17. The first kappa shape index (κ1) is 12.4. The van der Waals surface area contributed by atoms with Gasteiger partial charge in [0.25, 0.3) is 0 Å². The van der Waals surface area contributed by atoms with Crippen molar-refractivity contribution in [1.82, 2.24) is 0 Å². The summed E-state index contributed by atoms with van der Waals surface area (Å²) in [6.45, 7) is 8.88. The molecule has 1 nitrogen and oxygen atoms in total. The lowest BCUT2D eigenvalue weighted by Gasteiger charge is -2.23. The van der Waals surface area contributed by atoms with Crippen LogP contribution in [-0.2, 0) is 5.41 Å². The predicted octanol–water partition coefficient (Wildman–Crippen LogP) is 3.62. The highest BCUT2D eigenvalue weighted by atomic mass is 32.1. The second-order valence-corrected chi connectivity index (χ2v) is 5.37. The van der Waals surface area contributed by atoms with Crippen LogP contribution in [0.5, 0.6) is 0 Å². The average Bonchev–Trinajstić information content (AvgIpc) is 2.15. The number of anilines is 1. The minimum absolute atomic E-state index is 0.225. The van der Waals surface area contributed by atoms with E-state index >= 15 is 0 Å². The summed E-state index contributed by atoms with van der Waals surface area (Å²) in [6.07, 6.45) is 0. The van der Waals surface area contributed by atoms with Gasteiger partial charge in [-0.3, -0.25) is 0 Å². The van der Waals surface area contributed by atoms with Crippen LogP contribution in [0.4, 0.5) is 5.69 Å². The third-order valence-electron chi connectivity index (χ3n) is 2.69. The van der Waals surface area contributed by atoms with Gasteiger partial charge in [-0.2, -0.15) is 12.6 Å². The molecule has 1 aromatic carbocycles. The third-order valence-corrected chi connectivity index (χ3v) is 3.11. The molecule has 0 unspecified atom stereocenters. The highest BCUT2D eigenvalue weighted by Crippen LogP contribution is 2.27. The Morgan fingerprint density at radius 1 is 1.27 bits per heavy atom. The van der Waals surface area contributed by atoms with E-state index in [1.165, 1.54) is 16.8 Å². The van der Waals surface area contributed by atoms with Crippen molar-refractivity contribution >= 4 is 18.3 Å². The molecule has 0 aliphatic heterocycles. The normalized spacial score (nSPS) is 11.6. The summed E-state index contributed by atoms with van der Waals surface area (Å²) in [6, 6.07) is 6.67. The summed E-state index contributed by atoms with van der Waals surface area (Å²) in [5.41, 5.74) is 4.19. The Bertz CT molecular complexity index is 339. The lowest BCUT2D eigenvalue weighted by atomic mass is 9.86. The molecule has 0 heterocycles. The van der Waals surface area contributed by atoms with Gasteiger partial charge in [0.2, 0.25) is 0 Å². The monoisotopic (exact) mass is 223 g/mol. The van der Waals surface area contributed by atoms with Crippen molar-refractivity contribution in [1.29, 1.82) is 0 Å². The molecule has 0 fully saturated rings. The molecule has 2 heteroatoms. The van der Waals surface area contributed by atoms with E-state index in [0.29, 0.717) is 0 Å². The van der Waals surface area contributed by atoms with Gasteiger partial charge in [-0.05, 0) is 29.5 Å². The molecule has 0 N–H and O–H groups in total. The number of hydrogen-bond acceptors (Lipinski definition) is 2. The Hall–Kier alpha value is -0.630. The van der Waals surface area contributed by atoms with Gasteiger partial charge >= 0.3 is 0 Å². The van der Waals surface area contributed by atoms with Crippen LogP contribution < -0.4 is 4.90 Å². The van der Waals surface area contributed by atoms with E-state index in [0.717, 1.165) is 5.88 Å². The van der Waals surface area contributed by atoms with E-state index in [-0.39, 0.29) is 5.41 Å². The van der Waals surface area contributed by atoms with Crippen LogP contribution in [0.15, 0.2) is 18.2 Å². The third kappa shape index (κ3) is 2.91. The molecule has 1 rings (SSSR count). The van der Waals surface area contributed by atoms with Crippen molar-refractivity contribution in [3.63, 3.8) is 0 Å². The summed E-state index contributed by atoms with van der Waals surface area (Å²) in [4.78, 5) is 2.14. The van der Waals surface area contributed by atoms with E-state index in [4.69, 9.17) is 0 Å². The van der Waals surface area contributed by atoms with Crippen molar-refractivity contribution in [2.75, 3.05) is 17.8 Å². The van der Waals surface area contributed by atoms with Gasteiger partial charge in [0, 0.05) is 12.7 Å². The van der Waals surface area contributed by atoms with Crippen LogP contribution in [0.1, 0.15) is 31.9 Å². The first-order valence-electron chi connectivity index (χ1n) is 5.29. The Kier molecular flexibility index (Phi) is 3.72. The van der Waals surface area contributed by atoms with Crippen LogP contribution in [0.25, 0.3) is 0 Å². The fourth-order valence-corrected chi connectivity index (χ4v) is 1.78. The number of aryl methyl sites for hydroxylation is 1. The molecule has 0 amide bonds. The van der Waals surface area contributed by atoms with Crippen molar-refractivity contribution < 1.29 is 0 Å². The molecule has 0 bridgehead atoms. The fourth-order valence-electron chi connectivity index (χ4n) is 1.63. The molecule has 0 saturated carbocycles. The summed E-state index contributed by atoms with van der Waals surface area (Å²) in [7, 11) is 2.06. The second-order valence-electron chi connectivity index (χ2n) is 5.09. The number of benzene rings is 1. The Balaban J connectivity index is 3.09. The minimum Gasteiger partial charge on any atom is -0.365 e. The SMILES string of the molecule is Cc1cc(C(C)(C)C)ccc1N(C)CS. The molecule has 0 radical (unpaired) electrons. The van der Waals surface area contributed by atoms with Crippen molar-refractivity contribution in [3.8, 4) is 0 Å². The van der Waals surface area contributed by atoms with Crippen molar-refractivity contribution in [2.45, 2.75) is 33.1 Å². The van der Waals surface area contributed by atoms with Gasteiger partial charge < -0.3 is 4.90 Å². The standard InChI is InChI=1S/C13H21NS/c1-10-8-11(13(2,3)4)6-7-12(10)14(5)9-15/h6-8,15H,9H2,1-5H3. The zero-order valence-electron chi connectivity index (χ0n) is 10.3. The fraction of sp³-hybridized carbons (Fsp3) is 0.538. The van der Waals surface area contributed by atoms with Crippen molar-refractivity contribution in [2.24, 2.45) is 0 Å². The predicted molar refractivity (Wildman–Crippen MR) is 72.1 cm³/mol. The summed E-state index contributed by atoms with van der Waals surface area (Å²) < 4.78 is 0. The zero-order chi connectivity index (χ0) is 11.6. The topological polar surface area (TPSA) is 3.24 Å². The Labute approximate surface area is 98.9 Å². The van der Waals surface area contributed by atoms with Gasteiger partial charge in [0.15, 0.2) is 0 Å². The molecule has 1 aromatic rings. The molecule has 15 heavy (non-hydrogen) atoms. The molecular weight excluding hydrogens is 202 g/mol. The molecule has 0 aromatic heterocycles. The molecule has 0 atom stereocenters. The first-order valence-corrected chi connectivity index (χ1v) is 5.92. The Morgan fingerprint density at radius 3 is 2.27 bits per heavy atom. The molecule has 84 valence electrons. The summed E-state index contributed by atoms with van der Waals surface area (Å²) in [5, 5.41) is 0. The summed E-state index contributed by atoms with van der Waals surface area (Å²) >= 11 is 4.28. The van der Waals surface area contributed by atoms with Crippen molar-refractivity contribution in [3.05, 3.63) is 29.3 Å². The van der Waals surface area contributed by atoms with E-state index in [1.807, 2.05) is 0 Å². The molecular formula is C13H21NS. The highest BCUT2D eigenvalue weighted by molar-refractivity contribution is 7.80. The number of thiol groups is 1. The van der Waals surface area contributed by atoms with E-state index < -0.39 is 0 Å². The summed E-state index contributed by atoms with van der Waals surface area (Å²) in [5.74, 6) is 0.746. The van der Waals surface area contributed by atoms with E-state index in [2.05, 4.69) is 70.5 Å². The highest BCUT2D eigenvalue weighted by Gasteiger charge is 2.14. The van der Waals surface area contributed by atoms with Gasteiger partial charge in [-0.25, -0.2) is 0 Å². The van der Waals surface area contributed by atoms with Gasteiger partial charge in [-0.15, -0.1) is 0 Å². The molecule has 0 spiro atoms. The van der Waals surface area contributed by atoms with Gasteiger partial charge in [-0.1, -0.05) is 32.9 Å². The maximum absolute atomic E-state index is 4.28.